The number of carbonyl (C=O) groups is 2. The molecule has 0 saturated heterocycles. The number of carboxylic acid groups (broad SMARTS) is 1. The average Bonchev–Trinajstić information content (AvgIpc) is 2.13. The highest BCUT2D eigenvalue weighted by Crippen LogP contribution is 2.08. The van der Waals surface area contributed by atoms with Crippen molar-refractivity contribution < 1.29 is 14.7 Å². The van der Waals surface area contributed by atoms with Gasteiger partial charge in [0.05, 0.1) is 6.07 Å². The highest BCUT2D eigenvalue weighted by Gasteiger charge is 2.26. The van der Waals surface area contributed by atoms with E-state index in [0.29, 0.717) is 0 Å². The van der Waals surface area contributed by atoms with Crippen LogP contribution in [0.3, 0.4) is 0 Å². The summed E-state index contributed by atoms with van der Waals surface area (Å²) in [5, 5.41) is 19.7. The second kappa shape index (κ2) is 6.02. The summed E-state index contributed by atoms with van der Waals surface area (Å²) < 4.78 is 0. The molecule has 0 rings (SSSR count). The van der Waals surface area contributed by atoms with E-state index >= 15 is 0 Å². The lowest BCUT2D eigenvalue weighted by Gasteiger charge is -2.20. The Balaban J connectivity index is 4.49. The molecule has 0 aliphatic rings. The summed E-state index contributed by atoms with van der Waals surface area (Å²) >= 11 is 0. The Labute approximate surface area is 89.1 Å². The van der Waals surface area contributed by atoms with Crippen molar-refractivity contribution in [1.82, 2.24) is 5.32 Å². The van der Waals surface area contributed by atoms with E-state index in [4.69, 9.17) is 10.4 Å². The number of nitrogens with zero attached hydrogens (tertiary/aromatic N) is 1. The number of hydrogen-bond donors (Lipinski definition) is 2. The third-order valence-corrected chi connectivity index (χ3v) is 2.07. The molecule has 2 N–H and O–H groups in total. The Kier molecular flexibility index (Phi) is 5.39. The summed E-state index contributed by atoms with van der Waals surface area (Å²) in [6.45, 7) is 5.00. The minimum atomic E-state index is -1.10. The van der Waals surface area contributed by atoms with Crippen molar-refractivity contribution in [3.05, 3.63) is 0 Å². The van der Waals surface area contributed by atoms with Gasteiger partial charge in [-0.3, -0.25) is 4.79 Å². The molecule has 0 fully saturated rings. The first-order valence-corrected chi connectivity index (χ1v) is 4.80. The second-order valence-electron chi connectivity index (χ2n) is 3.82. The van der Waals surface area contributed by atoms with E-state index < -0.39 is 17.9 Å². The summed E-state index contributed by atoms with van der Waals surface area (Å²) in [6.07, 6.45) is 0.106. The molecule has 0 spiro atoms. The van der Waals surface area contributed by atoms with Gasteiger partial charge in [-0.2, -0.15) is 5.26 Å². The SMILES string of the molecule is CC(C)C(=O)N[C@H](C(=O)O)[C@@H](C)CC#N. The minimum absolute atomic E-state index is 0.106. The van der Waals surface area contributed by atoms with Crippen LogP contribution in [0.25, 0.3) is 0 Å². The van der Waals surface area contributed by atoms with Crippen LogP contribution in [0.1, 0.15) is 27.2 Å². The van der Waals surface area contributed by atoms with Crippen LogP contribution < -0.4 is 5.32 Å². The maximum Gasteiger partial charge on any atom is 0.326 e. The van der Waals surface area contributed by atoms with Gasteiger partial charge < -0.3 is 10.4 Å². The quantitative estimate of drug-likeness (QED) is 0.704. The number of amides is 1. The van der Waals surface area contributed by atoms with Crippen molar-refractivity contribution in [2.45, 2.75) is 33.2 Å². The Hall–Kier alpha value is -1.57. The van der Waals surface area contributed by atoms with Crippen molar-refractivity contribution in [1.29, 1.82) is 5.26 Å². The summed E-state index contributed by atoms with van der Waals surface area (Å²) in [6, 6.07) is 0.904. The van der Waals surface area contributed by atoms with Crippen molar-refractivity contribution in [2.24, 2.45) is 11.8 Å². The number of nitriles is 1. The predicted octanol–water partition coefficient (Wildman–Crippen LogP) is 0.762. The molecule has 1 amide bonds. The number of carboxylic acids is 1. The molecular formula is C10H16N2O3. The molecule has 0 aromatic carbocycles. The number of aliphatic carboxylic acids is 1. The first kappa shape index (κ1) is 13.4. The molecule has 0 aromatic heterocycles. The van der Waals surface area contributed by atoms with Crippen LogP contribution >= 0.6 is 0 Å². The van der Waals surface area contributed by atoms with E-state index in [1.165, 1.54) is 0 Å². The van der Waals surface area contributed by atoms with E-state index in [9.17, 15) is 9.59 Å². The van der Waals surface area contributed by atoms with Crippen molar-refractivity contribution in [2.75, 3.05) is 0 Å². The van der Waals surface area contributed by atoms with Crippen LogP contribution in [0.2, 0.25) is 0 Å². The third kappa shape index (κ3) is 4.45. The van der Waals surface area contributed by atoms with Gasteiger partial charge in [0.2, 0.25) is 5.91 Å². The third-order valence-electron chi connectivity index (χ3n) is 2.07. The van der Waals surface area contributed by atoms with Gasteiger partial charge in [-0.05, 0) is 0 Å². The molecule has 0 aromatic rings. The fraction of sp³-hybridized carbons (Fsp3) is 0.700. The monoisotopic (exact) mass is 212 g/mol. The fourth-order valence-electron chi connectivity index (χ4n) is 1.03. The minimum Gasteiger partial charge on any atom is -0.480 e. The molecule has 15 heavy (non-hydrogen) atoms. The zero-order chi connectivity index (χ0) is 12.0. The number of carbonyl (C=O) groups excluding carboxylic acids is 1. The molecule has 0 radical (unpaired) electrons. The van der Waals surface area contributed by atoms with E-state index in [2.05, 4.69) is 5.32 Å². The molecule has 0 heterocycles. The van der Waals surface area contributed by atoms with E-state index in [-0.39, 0.29) is 18.2 Å². The van der Waals surface area contributed by atoms with Crippen molar-refractivity contribution in [3.63, 3.8) is 0 Å². The number of rotatable bonds is 5. The topological polar surface area (TPSA) is 90.2 Å². The Morgan fingerprint density at radius 3 is 2.27 bits per heavy atom. The van der Waals surface area contributed by atoms with E-state index in [1.807, 2.05) is 6.07 Å². The molecule has 0 aliphatic heterocycles. The lowest BCUT2D eigenvalue weighted by molar-refractivity contribution is -0.143. The molecule has 0 bridgehead atoms. The van der Waals surface area contributed by atoms with E-state index in [1.54, 1.807) is 20.8 Å². The molecule has 5 nitrogen and oxygen atoms in total. The first-order chi connectivity index (χ1) is 6.90. The number of hydrogen-bond acceptors (Lipinski definition) is 3. The zero-order valence-electron chi connectivity index (χ0n) is 9.15. The van der Waals surface area contributed by atoms with Gasteiger partial charge in [-0.1, -0.05) is 20.8 Å². The Bertz CT molecular complexity index is 281. The lowest BCUT2D eigenvalue weighted by Crippen LogP contribution is -2.46. The Morgan fingerprint density at radius 1 is 1.40 bits per heavy atom. The zero-order valence-corrected chi connectivity index (χ0v) is 9.15. The summed E-state index contributed by atoms with van der Waals surface area (Å²) in [7, 11) is 0. The predicted molar refractivity (Wildman–Crippen MR) is 53.8 cm³/mol. The van der Waals surface area contributed by atoms with Gasteiger partial charge in [0, 0.05) is 18.3 Å². The first-order valence-electron chi connectivity index (χ1n) is 4.80. The van der Waals surface area contributed by atoms with Gasteiger partial charge in [0.25, 0.3) is 0 Å². The van der Waals surface area contributed by atoms with Gasteiger partial charge in [-0.25, -0.2) is 4.79 Å². The maximum atomic E-state index is 11.3. The van der Waals surface area contributed by atoms with Gasteiger partial charge in [-0.15, -0.1) is 0 Å². The standard InChI is InChI=1S/C10H16N2O3/c1-6(2)9(13)12-8(10(14)15)7(3)4-5-11/h6-8H,4H2,1-3H3,(H,12,13)(H,14,15)/t7-,8-/m0/s1. The molecule has 2 atom stereocenters. The summed E-state index contributed by atoms with van der Waals surface area (Å²) in [5.74, 6) is -2.07. The second-order valence-corrected chi connectivity index (χ2v) is 3.82. The highest BCUT2D eigenvalue weighted by molar-refractivity contribution is 5.84. The van der Waals surface area contributed by atoms with Gasteiger partial charge in [0.1, 0.15) is 6.04 Å². The average molecular weight is 212 g/mol. The molecule has 5 heteroatoms. The van der Waals surface area contributed by atoms with Crippen LogP contribution in [-0.2, 0) is 9.59 Å². The van der Waals surface area contributed by atoms with Crippen LogP contribution in [0.5, 0.6) is 0 Å². The smallest absolute Gasteiger partial charge is 0.326 e. The van der Waals surface area contributed by atoms with E-state index in [0.717, 1.165) is 0 Å². The highest BCUT2D eigenvalue weighted by atomic mass is 16.4. The van der Waals surface area contributed by atoms with Crippen LogP contribution in [0, 0.1) is 23.2 Å². The summed E-state index contributed by atoms with van der Waals surface area (Å²) in [4.78, 5) is 22.2. The molecule has 0 unspecified atom stereocenters. The molecule has 0 aliphatic carbocycles. The molecule has 0 saturated carbocycles. The summed E-state index contributed by atoms with van der Waals surface area (Å²) in [5.41, 5.74) is 0. The molecule has 84 valence electrons. The number of nitrogens with one attached hydrogen (secondary N) is 1. The fourth-order valence-corrected chi connectivity index (χ4v) is 1.03. The van der Waals surface area contributed by atoms with Crippen molar-refractivity contribution in [3.8, 4) is 6.07 Å². The Morgan fingerprint density at radius 2 is 1.93 bits per heavy atom. The van der Waals surface area contributed by atoms with Crippen molar-refractivity contribution >= 4 is 11.9 Å². The van der Waals surface area contributed by atoms with Gasteiger partial charge >= 0.3 is 5.97 Å². The van der Waals surface area contributed by atoms with Crippen LogP contribution in [-0.4, -0.2) is 23.0 Å². The maximum absolute atomic E-state index is 11.3. The lowest BCUT2D eigenvalue weighted by atomic mass is 9.98. The van der Waals surface area contributed by atoms with Gasteiger partial charge in [0.15, 0.2) is 0 Å². The van der Waals surface area contributed by atoms with Crippen LogP contribution in [0.4, 0.5) is 0 Å². The normalized spacial score (nSPS) is 14.1. The largest absolute Gasteiger partial charge is 0.480 e. The molecular weight excluding hydrogens is 196 g/mol. The van der Waals surface area contributed by atoms with Crippen LogP contribution in [0.15, 0.2) is 0 Å².